The number of fused-ring (bicyclic) bond motifs is 1. The Kier molecular flexibility index (Phi) is 5.05. The Hall–Kier alpha value is -3.06. The molecule has 0 heterocycles. The molecule has 0 unspecified atom stereocenters. The Bertz CT molecular complexity index is 1030. The molecule has 0 saturated carbocycles. The van der Waals surface area contributed by atoms with Crippen LogP contribution in [0.4, 0.5) is 24.5 Å². The Morgan fingerprint density at radius 3 is 2.15 bits per heavy atom. The first-order chi connectivity index (χ1) is 12.8. The van der Waals surface area contributed by atoms with E-state index < -0.39 is 29.2 Å². The quantitative estimate of drug-likeness (QED) is 0.597. The molecule has 0 aliphatic carbocycles. The summed E-state index contributed by atoms with van der Waals surface area (Å²) in [5.41, 5.74) is -1.31. The van der Waals surface area contributed by atoms with Gasteiger partial charge in [-0.05, 0) is 29.7 Å². The lowest BCUT2D eigenvalue weighted by Gasteiger charge is -2.14. The average Bonchev–Trinajstić information content (AvgIpc) is 2.62. The van der Waals surface area contributed by atoms with Crippen molar-refractivity contribution in [1.29, 1.82) is 0 Å². The lowest BCUT2D eigenvalue weighted by Crippen LogP contribution is -2.30. The molecule has 3 aromatic carbocycles. The van der Waals surface area contributed by atoms with Crippen LogP contribution in [-0.4, -0.2) is 11.8 Å². The number of alkyl halides is 3. The summed E-state index contributed by atoms with van der Waals surface area (Å²) >= 11 is 5.59. The standard InChI is InChI=1S/C19H12ClF3N2O2/c20-12-8-9-16(14(10-12)19(21,22)23)25-18(27)17(26)24-15-7-3-5-11-4-1-2-6-13(11)15/h1-10H,(H,24,26)(H,25,27). The van der Waals surface area contributed by atoms with Crippen molar-refractivity contribution in [1.82, 2.24) is 0 Å². The van der Waals surface area contributed by atoms with E-state index >= 15 is 0 Å². The molecule has 0 saturated heterocycles. The first-order valence-corrected chi connectivity index (χ1v) is 8.10. The fourth-order valence-electron chi connectivity index (χ4n) is 2.55. The molecule has 0 radical (unpaired) electrons. The van der Waals surface area contributed by atoms with Gasteiger partial charge in [-0.1, -0.05) is 48.0 Å². The highest BCUT2D eigenvalue weighted by Gasteiger charge is 2.34. The molecule has 0 aromatic heterocycles. The minimum atomic E-state index is -4.74. The monoisotopic (exact) mass is 392 g/mol. The Morgan fingerprint density at radius 1 is 0.815 bits per heavy atom. The number of benzene rings is 3. The normalized spacial score (nSPS) is 11.3. The fourth-order valence-corrected chi connectivity index (χ4v) is 2.72. The molecule has 0 atom stereocenters. The number of halogens is 4. The van der Waals surface area contributed by atoms with Crippen molar-refractivity contribution in [3.05, 3.63) is 71.2 Å². The van der Waals surface area contributed by atoms with Gasteiger partial charge in [-0.25, -0.2) is 0 Å². The largest absolute Gasteiger partial charge is 0.418 e. The van der Waals surface area contributed by atoms with Crippen LogP contribution in [0, 0.1) is 0 Å². The van der Waals surface area contributed by atoms with Crippen LogP contribution in [0.5, 0.6) is 0 Å². The number of hydrogen-bond donors (Lipinski definition) is 2. The minimum absolute atomic E-state index is 0.138. The lowest BCUT2D eigenvalue weighted by atomic mass is 10.1. The van der Waals surface area contributed by atoms with Gasteiger partial charge in [-0.3, -0.25) is 9.59 Å². The van der Waals surface area contributed by atoms with E-state index in [0.717, 1.165) is 11.5 Å². The highest BCUT2D eigenvalue weighted by Crippen LogP contribution is 2.36. The van der Waals surface area contributed by atoms with E-state index in [4.69, 9.17) is 11.6 Å². The van der Waals surface area contributed by atoms with Crippen molar-refractivity contribution in [3.8, 4) is 0 Å². The molecule has 8 heteroatoms. The number of hydrogen-bond acceptors (Lipinski definition) is 2. The van der Waals surface area contributed by atoms with E-state index in [0.29, 0.717) is 17.1 Å². The number of carbonyl (C=O) groups excluding carboxylic acids is 2. The summed E-state index contributed by atoms with van der Waals surface area (Å²) in [4.78, 5) is 24.3. The Balaban J connectivity index is 1.82. The first kappa shape index (κ1) is 18.7. The summed E-state index contributed by atoms with van der Waals surface area (Å²) in [6, 6.07) is 15.1. The summed E-state index contributed by atoms with van der Waals surface area (Å²) in [7, 11) is 0. The van der Waals surface area contributed by atoms with Gasteiger partial charge in [-0.15, -0.1) is 0 Å². The third kappa shape index (κ3) is 4.20. The molecule has 4 nitrogen and oxygen atoms in total. The molecule has 3 rings (SSSR count). The highest BCUT2D eigenvalue weighted by atomic mass is 35.5. The van der Waals surface area contributed by atoms with Crippen LogP contribution in [0.3, 0.4) is 0 Å². The molecule has 0 aliphatic rings. The summed E-state index contributed by atoms with van der Waals surface area (Å²) in [6.07, 6.45) is -4.74. The van der Waals surface area contributed by atoms with Crippen molar-refractivity contribution in [2.75, 3.05) is 10.6 Å². The number of carbonyl (C=O) groups is 2. The van der Waals surface area contributed by atoms with Crippen molar-refractivity contribution >= 4 is 45.6 Å². The van der Waals surface area contributed by atoms with Gasteiger partial charge < -0.3 is 10.6 Å². The number of amides is 2. The van der Waals surface area contributed by atoms with Gasteiger partial charge in [0.1, 0.15) is 0 Å². The highest BCUT2D eigenvalue weighted by molar-refractivity contribution is 6.44. The third-order valence-electron chi connectivity index (χ3n) is 3.78. The van der Waals surface area contributed by atoms with Gasteiger partial charge >= 0.3 is 18.0 Å². The minimum Gasteiger partial charge on any atom is -0.317 e. The molecule has 0 spiro atoms. The molecule has 138 valence electrons. The van der Waals surface area contributed by atoms with Crippen LogP contribution >= 0.6 is 11.6 Å². The Morgan fingerprint density at radius 2 is 1.44 bits per heavy atom. The van der Waals surface area contributed by atoms with Crippen LogP contribution in [0.25, 0.3) is 10.8 Å². The van der Waals surface area contributed by atoms with Crippen molar-refractivity contribution in [2.24, 2.45) is 0 Å². The maximum atomic E-state index is 13.1. The third-order valence-corrected chi connectivity index (χ3v) is 4.01. The topological polar surface area (TPSA) is 58.2 Å². The predicted molar refractivity (Wildman–Crippen MR) is 97.7 cm³/mol. The fraction of sp³-hybridized carbons (Fsp3) is 0.0526. The van der Waals surface area contributed by atoms with Gasteiger partial charge in [0.05, 0.1) is 11.3 Å². The van der Waals surface area contributed by atoms with Gasteiger partial charge in [0.15, 0.2) is 0 Å². The van der Waals surface area contributed by atoms with Crippen LogP contribution in [0.2, 0.25) is 5.02 Å². The number of anilines is 2. The second-order valence-corrected chi connectivity index (χ2v) is 6.06. The second-order valence-electron chi connectivity index (χ2n) is 5.62. The smallest absolute Gasteiger partial charge is 0.317 e. The average molecular weight is 393 g/mol. The Labute approximate surface area is 156 Å². The second kappa shape index (κ2) is 7.28. The summed E-state index contributed by atoms with van der Waals surface area (Å²) in [5, 5.41) is 5.80. The maximum Gasteiger partial charge on any atom is 0.418 e. The van der Waals surface area contributed by atoms with E-state index in [2.05, 4.69) is 5.32 Å². The van der Waals surface area contributed by atoms with Crippen molar-refractivity contribution in [2.45, 2.75) is 6.18 Å². The molecular formula is C19H12ClF3N2O2. The van der Waals surface area contributed by atoms with E-state index in [9.17, 15) is 22.8 Å². The summed E-state index contributed by atoms with van der Waals surface area (Å²) in [6.45, 7) is 0. The van der Waals surface area contributed by atoms with Gasteiger partial charge in [-0.2, -0.15) is 13.2 Å². The van der Waals surface area contributed by atoms with Gasteiger partial charge in [0, 0.05) is 16.1 Å². The van der Waals surface area contributed by atoms with Gasteiger partial charge in [0.25, 0.3) is 0 Å². The lowest BCUT2D eigenvalue weighted by molar-refractivity contribution is -0.137. The van der Waals surface area contributed by atoms with Crippen LogP contribution in [0.1, 0.15) is 5.56 Å². The molecule has 2 N–H and O–H groups in total. The van der Waals surface area contributed by atoms with E-state index in [1.165, 1.54) is 6.07 Å². The zero-order valence-electron chi connectivity index (χ0n) is 13.6. The molecule has 0 aliphatic heterocycles. The van der Waals surface area contributed by atoms with E-state index in [-0.39, 0.29) is 5.02 Å². The van der Waals surface area contributed by atoms with Crippen LogP contribution < -0.4 is 10.6 Å². The molecule has 3 aromatic rings. The SMILES string of the molecule is O=C(Nc1ccc(Cl)cc1C(F)(F)F)C(=O)Nc1cccc2ccccc12. The molecule has 0 bridgehead atoms. The van der Waals surface area contributed by atoms with Crippen LogP contribution in [0.15, 0.2) is 60.7 Å². The molecular weight excluding hydrogens is 381 g/mol. The first-order valence-electron chi connectivity index (χ1n) is 7.72. The predicted octanol–water partition coefficient (Wildman–Crippen LogP) is 5.09. The van der Waals surface area contributed by atoms with Crippen molar-refractivity contribution in [3.63, 3.8) is 0 Å². The number of nitrogens with one attached hydrogen (secondary N) is 2. The van der Waals surface area contributed by atoms with Gasteiger partial charge in [0.2, 0.25) is 0 Å². The summed E-state index contributed by atoms with van der Waals surface area (Å²) in [5.74, 6) is -2.31. The molecule has 0 fully saturated rings. The zero-order valence-corrected chi connectivity index (χ0v) is 14.4. The maximum absolute atomic E-state index is 13.1. The number of rotatable bonds is 2. The zero-order chi connectivity index (χ0) is 19.6. The van der Waals surface area contributed by atoms with E-state index in [1.54, 1.807) is 24.3 Å². The summed E-state index contributed by atoms with van der Waals surface area (Å²) < 4.78 is 39.3. The van der Waals surface area contributed by atoms with E-state index in [1.807, 2.05) is 23.5 Å². The van der Waals surface area contributed by atoms with Crippen LogP contribution in [-0.2, 0) is 15.8 Å². The molecule has 27 heavy (non-hydrogen) atoms. The van der Waals surface area contributed by atoms with Crippen molar-refractivity contribution < 1.29 is 22.8 Å². The molecule has 2 amide bonds.